The van der Waals surface area contributed by atoms with Crippen LogP contribution in [-0.4, -0.2) is 27.5 Å². The Kier molecular flexibility index (Phi) is 2.45. The molecule has 1 aliphatic carbocycles. The molecule has 5 nitrogen and oxygen atoms in total. The molecule has 6 heteroatoms. The van der Waals surface area contributed by atoms with Crippen LogP contribution in [0.4, 0.5) is 0 Å². The van der Waals surface area contributed by atoms with Gasteiger partial charge < -0.3 is 4.74 Å². The number of nitrogens with zero attached hydrogens (tertiary/aromatic N) is 3. The first-order valence-electron chi connectivity index (χ1n) is 5.69. The number of Topliss-reactive ketones (excluding diaryl/α,β-unsaturated/α-hetero) is 1. The lowest BCUT2D eigenvalue weighted by Crippen LogP contribution is -2.18. The van der Waals surface area contributed by atoms with E-state index in [-0.39, 0.29) is 5.78 Å². The molecule has 2 aromatic heterocycles. The van der Waals surface area contributed by atoms with Crippen molar-refractivity contribution in [1.29, 1.82) is 0 Å². The highest BCUT2D eigenvalue weighted by Crippen LogP contribution is 2.47. The van der Waals surface area contributed by atoms with Crippen molar-refractivity contribution in [2.24, 2.45) is 0 Å². The highest BCUT2D eigenvalue weighted by Gasteiger charge is 2.52. The number of hydrogen-bond donors (Lipinski definition) is 0. The number of halogens is 1. The zero-order valence-electron chi connectivity index (χ0n) is 10.1. The van der Waals surface area contributed by atoms with E-state index in [9.17, 15) is 4.79 Å². The number of carbonyl (C=O) groups excluding carboxylic acids is 1. The minimum atomic E-state index is -0.462. The van der Waals surface area contributed by atoms with Crippen molar-refractivity contribution in [3.63, 3.8) is 0 Å². The third-order valence-electron chi connectivity index (χ3n) is 3.46. The summed E-state index contributed by atoms with van der Waals surface area (Å²) in [4.78, 5) is 16.2. The zero-order valence-corrected chi connectivity index (χ0v) is 11.7. The highest BCUT2D eigenvalue weighted by atomic mass is 79.9. The van der Waals surface area contributed by atoms with Gasteiger partial charge in [0.2, 0.25) is 5.88 Å². The SMILES string of the molecule is COc1ccc(Br)c2nc(C3(C(C)=O)CC3)nn12. The predicted molar refractivity (Wildman–Crippen MR) is 68.8 cm³/mol. The number of methoxy groups -OCH3 is 1. The van der Waals surface area contributed by atoms with Gasteiger partial charge in [-0.2, -0.15) is 4.52 Å². The van der Waals surface area contributed by atoms with E-state index in [0.29, 0.717) is 17.4 Å². The lowest BCUT2D eigenvalue weighted by atomic mass is 10.0. The Morgan fingerprint density at radius 3 is 2.78 bits per heavy atom. The number of rotatable bonds is 3. The molecule has 0 amide bonds. The molecule has 3 rings (SSSR count). The monoisotopic (exact) mass is 309 g/mol. The maximum absolute atomic E-state index is 11.7. The first-order chi connectivity index (χ1) is 8.58. The van der Waals surface area contributed by atoms with Gasteiger partial charge in [-0.25, -0.2) is 4.98 Å². The fourth-order valence-electron chi connectivity index (χ4n) is 2.13. The average molecular weight is 310 g/mol. The van der Waals surface area contributed by atoms with Crippen molar-refractivity contribution >= 4 is 27.4 Å². The topological polar surface area (TPSA) is 56.5 Å². The number of ether oxygens (including phenoxy) is 1. The summed E-state index contributed by atoms with van der Waals surface area (Å²) in [5, 5.41) is 4.43. The Hall–Kier alpha value is -1.43. The Morgan fingerprint density at radius 1 is 1.50 bits per heavy atom. The Labute approximate surface area is 112 Å². The summed E-state index contributed by atoms with van der Waals surface area (Å²) in [6.07, 6.45) is 1.66. The van der Waals surface area contributed by atoms with Gasteiger partial charge in [-0.1, -0.05) is 0 Å². The fraction of sp³-hybridized carbons (Fsp3) is 0.417. The summed E-state index contributed by atoms with van der Waals surface area (Å²) in [6, 6.07) is 3.67. The van der Waals surface area contributed by atoms with Crippen LogP contribution in [0.25, 0.3) is 5.65 Å². The molecule has 2 aromatic rings. The van der Waals surface area contributed by atoms with Gasteiger partial charge in [0.05, 0.1) is 17.0 Å². The molecule has 0 bridgehead atoms. The molecular formula is C12H12BrN3O2. The van der Waals surface area contributed by atoms with Crippen molar-refractivity contribution in [2.75, 3.05) is 7.11 Å². The van der Waals surface area contributed by atoms with E-state index in [1.807, 2.05) is 12.1 Å². The summed E-state index contributed by atoms with van der Waals surface area (Å²) in [6.45, 7) is 1.60. The van der Waals surface area contributed by atoms with Crippen LogP contribution in [0, 0.1) is 0 Å². The molecule has 0 saturated heterocycles. The largest absolute Gasteiger partial charge is 0.481 e. The third-order valence-corrected chi connectivity index (χ3v) is 4.08. The van der Waals surface area contributed by atoms with Gasteiger partial charge in [0, 0.05) is 6.07 Å². The quantitative estimate of drug-likeness (QED) is 0.871. The maximum Gasteiger partial charge on any atom is 0.216 e. The summed E-state index contributed by atoms with van der Waals surface area (Å²) in [5.74, 6) is 1.33. The van der Waals surface area contributed by atoms with Crippen LogP contribution in [0.5, 0.6) is 5.88 Å². The predicted octanol–water partition coefficient (Wildman–Crippen LogP) is 2.12. The molecule has 0 atom stereocenters. The molecule has 18 heavy (non-hydrogen) atoms. The molecule has 0 aliphatic heterocycles. The van der Waals surface area contributed by atoms with E-state index in [1.165, 1.54) is 0 Å². The summed E-state index contributed by atoms with van der Waals surface area (Å²) in [5.41, 5.74) is 0.216. The molecule has 0 radical (unpaired) electrons. The lowest BCUT2D eigenvalue weighted by molar-refractivity contribution is -0.119. The Balaban J connectivity index is 2.23. The van der Waals surface area contributed by atoms with Crippen LogP contribution in [0.15, 0.2) is 16.6 Å². The van der Waals surface area contributed by atoms with Crippen LogP contribution in [0.3, 0.4) is 0 Å². The van der Waals surface area contributed by atoms with E-state index in [2.05, 4.69) is 26.0 Å². The van der Waals surface area contributed by atoms with Crippen LogP contribution in [-0.2, 0) is 10.2 Å². The van der Waals surface area contributed by atoms with Gasteiger partial charge in [0.25, 0.3) is 0 Å². The molecule has 0 unspecified atom stereocenters. The van der Waals surface area contributed by atoms with Gasteiger partial charge in [0.15, 0.2) is 11.5 Å². The Bertz CT molecular complexity index is 646. The van der Waals surface area contributed by atoms with E-state index in [4.69, 9.17) is 4.74 Å². The second-order valence-corrected chi connectivity index (χ2v) is 5.39. The van der Waals surface area contributed by atoms with Gasteiger partial charge in [-0.3, -0.25) is 4.79 Å². The standard InChI is InChI=1S/C12H12BrN3O2/c1-7(17)12(5-6-12)11-14-10-8(13)3-4-9(18-2)16(10)15-11/h3-4H,5-6H2,1-2H3. The second kappa shape index (κ2) is 3.78. The first-order valence-corrected chi connectivity index (χ1v) is 6.48. The van der Waals surface area contributed by atoms with E-state index >= 15 is 0 Å². The van der Waals surface area contributed by atoms with Crippen LogP contribution in [0.2, 0.25) is 0 Å². The molecule has 1 saturated carbocycles. The maximum atomic E-state index is 11.7. The van der Waals surface area contributed by atoms with Crippen molar-refractivity contribution in [2.45, 2.75) is 25.2 Å². The minimum absolute atomic E-state index is 0.133. The number of ketones is 1. The van der Waals surface area contributed by atoms with Gasteiger partial charge in [-0.05, 0) is 41.8 Å². The van der Waals surface area contributed by atoms with E-state index < -0.39 is 5.41 Å². The average Bonchev–Trinajstić information content (AvgIpc) is 3.04. The molecular weight excluding hydrogens is 298 g/mol. The minimum Gasteiger partial charge on any atom is -0.481 e. The molecule has 0 spiro atoms. The number of carbonyl (C=O) groups is 1. The van der Waals surface area contributed by atoms with Crippen molar-refractivity contribution in [1.82, 2.24) is 14.6 Å². The zero-order chi connectivity index (χ0) is 12.9. The van der Waals surface area contributed by atoms with Gasteiger partial charge >= 0.3 is 0 Å². The molecule has 94 valence electrons. The second-order valence-electron chi connectivity index (χ2n) is 4.53. The third kappa shape index (κ3) is 1.48. The number of aromatic nitrogens is 3. The molecule has 0 N–H and O–H groups in total. The summed E-state index contributed by atoms with van der Waals surface area (Å²) < 4.78 is 7.71. The van der Waals surface area contributed by atoms with E-state index in [1.54, 1.807) is 18.5 Å². The van der Waals surface area contributed by atoms with Crippen molar-refractivity contribution < 1.29 is 9.53 Å². The smallest absolute Gasteiger partial charge is 0.216 e. The van der Waals surface area contributed by atoms with Crippen LogP contribution in [0.1, 0.15) is 25.6 Å². The fourth-order valence-corrected chi connectivity index (χ4v) is 2.51. The molecule has 1 aliphatic rings. The molecule has 2 heterocycles. The molecule has 0 aromatic carbocycles. The number of pyridine rings is 1. The first kappa shape index (κ1) is 11.6. The van der Waals surface area contributed by atoms with E-state index in [0.717, 1.165) is 17.3 Å². The normalized spacial score (nSPS) is 16.8. The van der Waals surface area contributed by atoms with Crippen molar-refractivity contribution in [3.8, 4) is 5.88 Å². The van der Waals surface area contributed by atoms with Crippen LogP contribution >= 0.6 is 15.9 Å². The Morgan fingerprint density at radius 2 is 2.22 bits per heavy atom. The number of fused-ring (bicyclic) bond motifs is 1. The van der Waals surface area contributed by atoms with Gasteiger partial charge in [-0.15, -0.1) is 5.10 Å². The van der Waals surface area contributed by atoms with Gasteiger partial charge in [0.1, 0.15) is 5.78 Å². The van der Waals surface area contributed by atoms with Crippen molar-refractivity contribution in [3.05, 3.63) is 22.4 Å². The highest BCUT2D eigenvalue weighted by molar-refractivity contribution is 9.10. The lowest BCUT2D eigenvalue weighted by Gasteiger charge is -2.04. The summed E-state index contributed by atoms with van der Waals surface area (Å²) >= 11 is 3.43. The summed E-state index contributed by atoms with van der Waals surface area (Å²) in [7, 11) is 1.59. The molecule has 1 fully saturated rings. The number of hydrogen-bond acceptors (Lipinski definition) is 4. The van der Waals surface area contributed by atoms with Crippen LogP contribution < -0.4 is 4.74 Å².